The van der Waals surface area contributed by atoms with Gasteiger partial charge in [0.25, 0.3) is 0 Å². The molecule has 1 aromatic heterocycles. The number of hydrogen-bond donors (Lipinski definition) is 1. The lowest BCUT2D eigenvalue weighted by Gasteiger charge is -2.21. The molecule has 0 radical (unpaired) electrons. The number of benzene rings is 1. The Morgan fingerprint density at radius 2 is 2.18 bits per heavy atom. The first kappa shape index (κ1) is 14.7. The summed E-state index contributed by atoms with van der Waals surface area (Å²) in [6, 6.07) is 7.74. The van der Waals surface area contributed by atoms with E-state index in [1.165, 1.54) is 6.39 Å². The van der Waals surface area contributed by atoms with Crippen molar-refractivity contribution in [2.45, 2.75) is 25.8 Å². The Kier molecular flexibility index (Phi) is 4.80. The van der Waals surface area contributed by atoms with Crippen LogP contribution in [0.4, 0.5) is 0 Å². The summed E-state index contributed by atoms with van der Waals surface area (Å²) < 4.78 is 10.1. The Morgan fingerprint density at radius 3 is 2.86 bits per heavy atom. The minimum Gasteiger partial charge on any atom is -0.381 e. The van der Waals surface area contributed by atoms with Gasteiger partial charge in [-0.3, -0.25) is 4.79 Å². The topological polar surface area (TPSA) is 77.2 Å². The third-order valence-corrected chi connectivity index (χ3v) is 3.79. The van der Waals surface area contributed by atoms with E-state index >= 15 is 0 Å². The summed E-state index contributed by atoms with van der Waals surface area (Å²) in [6.07, 6.45) is 3.97. The molecule has 2 aromatic rings. The van der Waals surface area contributed by atoms with Gasteiger partial charge >= 0.3 is 0 Å². The maximum atomic E-state index is 11.9. The monoisotopic (exact) mass is 301 g/mol. The van der Waals surface area contributed by atoms with Crippen molar-refractivity contribution < 1.29 is 14.1 Å². The molecule has 1 unspecified atom stereocenters. The number of aromatic nitrogens is 2. The number of nitrogens with one attached hydrogen (secondary N) is 1. The zero-order valence-electron chi connectivity index (χ0n) is 12.3. The van der Waals surface area contributed by atoms with Gasteiger partial charge in [-0.05, 0) is 24.3 Å². The summed E-state index contributed by atoms with van der Waals surface area (Å²) in [5, 5.41) is 6.74. The number of amides is 1. The van der Waals surface area contributed by atoms with E-state index in [0.717, 1.165) is 30.6 Å². The smallest absolute Gasteiger partial charge is 0.220 e. The lowest BCUT2D eigenvalue weighted by atomic mass is 9.98. The SMILES string of the molecule is O=C(CC1CCCOC1)NCc1ccc(-c2ncon2)cc1. The number of ether oxygens (including phenoxy) is 1. The summed E-state index contributed by atoms with van der Waals surface area (Å²) in [5.74, 6) is 1.000. The van der Waals surface area contributed by atoms with E-state index in [4.69, 9.17) is 9.26 Å². The van der Waals surface area contributed by atoms with Crippen molar-refractivity contribution in [1.29, 1.82) is 0 Å². The van der Waals surface area contributed by atoms with E-state index < -0.39 is 0 Å². The second-order valence-electron chi connectivity index (χ2n) is 5.52. The molecule has 2 heterocycles. The van der Waals surface area contributed by atoms with Gasteiger partial charge < -0.3 is 14.6 Å². The zero-order valence-corrected chi connectivity index (χ0v) is 12.3. The van der Waals surface area contributed by atoms with Gasteiger partial charge in [0.15, 0.2) is 0 Å². The highest BCUT2D eigenvalue weighted by atomic mass is 16.5. The molecule has 1 N–H and O–H groups in total. The van der Waals surface area contributed by atoms with Crippen LogP contribution in [0.25, 0.3) is 11.4 Å². The molecular formula is C16H19N3O3. The predicted molar refractivity (Wildman–Crippen MR) is 79.7 cm³/mol. The molecular weight excluding hydrogens is 282 g/mol. The number of carbonyl (C=O) groups is 1. The van der Waals surface area contributed by atoms with E-state index in [-0.39, 0.29) is 5.91 Å². The third-order valence-electron chi connectivity index (χ3n) is 3.79. The van der Waals surface area contributed by atoms with Crippen LogP contribution in [-0.2, 0) is 16.1 Å². The van der Waals surface area contributed by atoms with Crippen molar-refractivity contribution in [2.24, 2.45) is 5.92 Å². The molecule has 1 aliphatic rings. The van der Waals surface area contributed by atoms with E-state index in [9.17, 15) is 4.79 Å². The van der Waals surface area contributed by atoms with Crippen LogP contribution in [-0.4, -0.2) is 29.3 Å². The first-order valence-electron chi connectivity index (χ1n) is 7.51. The molecule has 0 spiro atoms. The van der Waals surface area contributed by atoms with Gasteiger partial charge in [0.05, 0.1) is 0 Å². The zero-order chi connectivity index (χ0) is 15.2. The van der Waals surface area contributed by atoms with Gasteiger partial charge in [0, 0.05) is 31.7 Å². The van der Waals surface area contributed by atoms with E-state index in [1.54, 1.807) is 0 Å². The summed E-state index contributed by atoms with van der Waals surface area (Å²) in [4.78, 5) is 15.9. The fourth-order valence-electron chi connectivity index (χ4n) is 2.57. The number of carbonyl (C=O) groups excluding carboxylic acids is 1. The van der Waals surface area contributed by atoms with Crippen molar-refractivity contribution in [3.8, 4) is 11.4 Å². The highest BCUT2D eigenvalue weighted by Gasteiger charge is 2.17. The van der Waals surface area contributed by atoms with Crippen molar-refractivity contribution in [1.82, 2.24) is 15.5 Å². The van der Waals surface area contributed by atoms with Crippen LogP contribution in [0.2, 0.25) is 0 Å². The molecule has 0 aliphatic carbocycles. The van der Waals surface area contributed by atoms with E-state index in [2.05, 4.69) is 15.5 Å². The highest BCUT2D eigenvalue weighted by molar-refractivity contribution is 5.76. The van der Waals surface area contributed by atoms with Crippen LogP contribution in [0.3, 0.4) is 0 Å². The highest BCUT2D eigenvalue weighted by Crippen LogP contribution is 2.17. The van der Waals surface area contributed by atoms with Crippen molar-refractivity contribution >= 4 is 5.91 Å². The Labute approximate surface area is 128 Å². The standard InChI is InChI=1S/C16H19N3O3/c20-15(8-13-2-1-7-21-10-13)17-9-12-3-5-14(6-4-12)16-18-11-22-19-16/h3-6,11,13H,1-2,7-10H2,(H,17,20). The summed E-state index contributed by atoms with van der Waals surface area (Å²) in [5.41, 5.74) is 1.93. The van der Waals surface area contributed by atoms with Crippen molar-refractivity contribution in [3.05, 3.63) is 36.2 Å². The average Bonchev–Trinajstić information content (AvgIpc) is 3.09. The maximum Gasteiger partial charge on any atom is 0.220 e. The van der Waals surface area contributed by atoms with Crippen LogP contribution >= 0.6 is 0 Å². The van der Waals surface area contributed by atoms with Crippen LogP contribution in [0.1, 0.15) is 24.8 Å². The Balaban J connectivity index is 1.47. The largest absolute Gasteiger partial charge is 0.381 e. The van der Waals surface area contributed by atoms with Gasteiger partial charge in [0.2, 0.25) is 18.1 Å². The lowest BCUT2D eigenvalue weighted by Crippen LogP contribution is -2.28. The van der Waals surface area contributed by atoms with Gasteiger partial charge in [-0.1, -0.05) is 29.4 Å². The molecule has 1 fully saturated rings. The molecule has 0 bridgehead atoms. The number of rotatable bonds is 5. The average molecular weight is 301 g/mol. The van der Waals surface area contributed by atoms with Gasteiger partial charge in [-0.15, -0.1) is 0 Å². The molecule has 6 nitrogen and oxygen atoms in total. The number of nitrogens with zero attached hydrogens (tertiary/aromatic N) is 2. The Hall–Kier alpha value is -2.21. The molecule has 116 valence electrons. The second kappa shape index (κ2) is 7.17. The second-order valence-corrected chi connectivity index (χ2v) is 5.52. The molecule has 1 aromatic carbocycles. The minimum absolute atomic E-state index is 0.0812. The number of hydrogen-bond acceptors (Lipinski definition) is 5. The molecule has 0 saturated carbocycles. The van der Waals surface area contributed by atoms with Crippen LogP contribution in [0.15, 0.2) is 35.2 Å². The molecule has 1 amide bonds. The molecule has 1 saturated heterocycles. The first-order chi connectivity index (χ1) is 10.8. The molecule has 6 heteroatoms. The summed E-state index contributed by atoms with van der Waals surface area (Å²) in [6.45, 7) is 2.05. The van der Waals surface area contributed by atoms with Crippen molar-refractivity contribution in [2.75, 3.05) is 13.2 Å². The van der Waals surface area contributed by atoms with Crippen LogP contribution in [0, 0.1) is 5.92 Å². The third kappa shape index (κ3) is 3.92. The van der Waals surface area contributed by atoms with Gasteiger partial charge in [-0.25, -0.2) is 0 Å². The quantitative estimate of drug-likeness (QED) is 0.915. The summed E-state index contributed by atoms with van der Waals surface area (Å²) in [7, 11) is 0. The Morgan fingerprint density at radius 1 is 1.32 bits per heavy atom. The fourth-order valence-corrected chi connectivity index (χ4v) is 2.57. The van der Waals surface area contributed by atoms with E-state index in [0.29, 0.717) is 31.3 Å². The van der Waals surface area contributed by atoms with Gasteiger partial charge in [0.1, 0.15) is 0 Å². The molecule has 3 rings (SSSR count). The van der Waals surface area contributed by atoms with E-state index in [1.807, 2.05) is 24.3 Å². The van der Waals surface area contributed by atoms with Crippen molar-refractivity contribution in [3.63, 3.8) is 0 Å². The lowest BCUT2D eigenvalue weighted by molar-refractivity contribution is -0.123. The fraction of sp³-hybridized carbons (Fsp3) is 0.438. The molecule has 1 atom stereocenters. The van der Waals surface area contributed by atoms with Crippen LogP contribution < -0.4 is 5.32 Å². The summed E-state index contributed by atoms with van der Waals surface area (Å²) >= 11 is 0. The predicted octanol–water partition coefficient (Wildman–Crippen LogP) is 2.17. The Bertz CT molecular complexity index is 590. The molecule has 1 aliphatic heterocycles. The first-order valence-corrected chi connectivity index (χ1v) is 7.51. The normalized spacial score (nSPS) is 18.1. The molecule has 22 heavy (non-hydrogen) atoms. The van der Waals surface area contributed by atoms with Gasteiger partial charge in [-0.2, -0.15) is 4.98 Å². The minimum atomic E-state index is 0.0812. The van der Waals surface area contributed by atoms with Crippen LogP contribution in [0.5, 0.6) is 0 Å². The maximum absolute atomic E-state index is 11.9.